The number of nitrogens with one attached hydrogen (secondary N) is 1. The first-order valence-electron chi connectivity index (χ1n) is 5.46. The van der Waals surface area contributed by atoms with Crippen LogP contribution in [0.25, 0.3) is 0 Å². The molecule has 0 unspecified atom stereocenters. The minimum absolute atomic E-state index is 0.951. The van der Waals surface area contributed by atoms with Gasteiger partial charge in [0.2, 0.25) is 0 Å². The van der Waals surface area contributed by atoms with Gasteiger partial charge in [-0.15, -0.1) is 0 Å². The number of aryl methyl sites for hydroxylation is 2. The Morgan fingerprint density at radius 2 is 2.07 bits per heavy atom. The highest BCUT2D eigenvalue weighted by atomic mass is 15.3. The van der Waals surface area contributed by atoms with Crippen LogP contribution in [-0.4, -0.2) is 48.4 Å². The summed E-state index contributed by atoms with van der Waals surface area (Å²) >= 11 is 0. The summed E-state index contributed by atoms with van der Waals surface area (Å²) in [7, 11) is 4.17. The van der Waals surface area contributed by atoms with Crippen LogP contribution in [0.3, 0.4) is 0 Å². The second kappa shape index (κ2) is 5.88. The normalized spacial score (nSPS) is 11.3. The quantitative estimate of drug-likeness (QED) is 0.700. The molecule has 1 N–H and O–H groups in total. The minimum atomic E-state index is 0.951. The van der Waals surface area contributed by atoms with Crippen LogP contribution in [0.5, 0.6) is 0 Å². The van der Waals surface area contributed by atoms with Crippen LogP contribution in [0.15, 0.2) is 6.07 Å². The van der Waals surface area contributed by atoms with Crippen molar-refractivity contribution in [3.63, 3.8) is 0 Å². The van der Waals surface area contributed by atoms with E-state index >= 15 is 0 Å². The molecule has 0 spiro atoms. The Labute approximate surface area is 92.3 Å². The predicted molar refractivity (Wildman–Crippen MR) is 63.1 cm³/mol. The molecule has 0 fully saturated rings. The molecule has 0 aliphatic heterocycles. The van der Waals surface area contributed by atoms with E-state index in [1.54, 1.807) is 0 Å². The molecule has 0 atom stereocenters. The Bertz CT molecular complexity index is 291. The third kappa shape index (κ3) is 4.44. The first-order valence-corrected chi connectivity index (χ1v) is 5.46. The van der Waals surface area contributed by atoms with Gasteiger partial charge in [0.15, 0.2) is 0 Å². The van der Waals surface area contributed by atoms with Crippen LogP contribution in [0.1, 0.15) is 11.4 Å². The van der Waals surface area contributed by atoms with Crippen molar-refractivity contribution in [1.29, 1.82) is 0 Å². The molecule has 86 valence electrons. The number of likely N-dealkylation sites (N-methyl/N-ethyl adjacent to an activating group) is 1. The molecule has 1 rings (SSSR count). The fourth-order valence-corrected chi connectivity index (χ4v) is 1.51. The van der Waals surface area contributed by atoms with Crippen LogP contribution in [0, 0.1) is 13.8 Å². The topological polar surface area (TPSA) is 33.1 Å². The third-order valence-electron chi connectivity index (χ3n) is 2.34. The van der Waals surface area contributed by atoms with Crippen molar-refractivity contribution >= 4 is 0 Å². The van der Waals surface area contributed by atoms with E-state index < -0.39 is 0 Å². The number of aromatic nitrogens is 2. The van der Waals surface area contributed by atoms with Crippen LogP contribution in [-0.2, 0) is 6.54 Å². The van der Waals surface area contributed by atoms with Gasteiger partial charge in [0.05, 0.1) is 12.2 Å². The van der Waals surface area contributed by atoms with Gasteiger partial charge in [-0.2, -0.15) is 5.10 Å². The van der Waals surface area contributed by atoms with Crippen molar-refractivity contribution in [2.45, 2.75) is 20.4 Å². The fraction of sp³-hybridized carbons (Fsp3) is 0.727. The van der Waals surface area contributed by atoms with Gasteiger partial charge >= 0.3 is 0 Å². The summed E-state index contributed by atoms with van der Waals surface area (Å²) in [5.74, 6) is 0. The largest absolute Gasteiger partial charge is 0.314 e. The number of hydrogen-bond acceptors (Lipinski definition) is 3. The molecular weight excluding hydrogens is 188 g/mol. The monoisotopic (exact) mass is 210 g/mol. The van der Waals surface area contributed by atoms with Gasteiger partial charge in [-0.1, -0.05) is 0 Å². The number of nitrogens with zero attached hydrogens (tertiary/aromatic N) is 3. The highest BCUT2D eigenvalue weighted by molar-refractivity contribution is 5.06. The van der Waals surface area contributed by atoms with Gasteiger partial charge in [0.1, 0.15) is 0 Å². The number of hydrogen-bond donors (Lipinski definition) is 1. The molecule has 0 aliphatic rings. The van der Waals surface area contributed by atoms with E-state index in [-0.39, 0.29) is 0 Å². The second-order valence-corrected chi connectivity index (χ2v) is 4.20. The molecule has 0 bridgehead atoms. The van der Waals surface area contributed by atoms with Crippen molar-refractivity contribution in [2.24, 2.45) is 0 Å². The molecule has 0 saturated heterocycles. The van der Waals surface area contributed by atoms with Gasteiger partial charge in [-0.05, 0) is 34.0 Å². The molecule has 4 heteroatoms. The van der Waals surface area contributed by atoms with E-state index in [0.717, 1.165) is 31.9 Å². The maximum Gasteiger partial charge on any atom is 0.0596 e. The molecule has 0 aromatic carbocycles. The lowest BCUT2D eigenvalue weighted by molar-refractivity contribution is 0.396. The molecule has 4 nitrogen and oxygen atoms in total. The zero-order valence-corrected chi connectivity index (χ0v) is 10.2. The van der Waals surface area contributed by atoms with Gasteiger partial charge in [-0.25, -0.2) is 0 Å². The standard InChI is InChI=1S/C11H22N4/c1-10-9-11(2)15(13-10)8-6-12-5-7-14(3)4/h9,12H,5-8H2,1-4H3. The van der Waals surface area contributed by atoms with Gasteiger partial charge in [0.25, 0.3) is 0 Å². The van der Waals surface area contributed by atoms with Gasteiger partial charge < -0.3 is 10.2 Å². The van der Waals surface area contributed by atoms with Crippen LogP contribution in [0.4, 0.5) is 0 Å². The summed E-state index contributed by atoms with van der Waals surface area (Å²) in [5, 5.41) is 7.81. The lowest BCUT2D eigenvalue weighted by atomic mass is 10.4. The van der Waals surface area contributed by atoms with E-state index in [9.17, 15) is 0 Å². The highest BCUT2D eigenvalue weighted by Crippen LogP contribution is 2.00. The smallest absolute Gasteiger partial charge is 0.0596 e. The second-order valence-electron chi connectivity index (χ2n) is 4.20. The van der Waals surface area contributed by atoms with E-state index in [1.165, 1.54) is 5.69 Å². The summed E-state index contributed by atoms with van der Waals surface area (Å²) in [4.78, 5) is 2.18. The highest BCUT2D eigenvalue weighted by Gasteiger charge is 1.99. The fourth-order valence-electron chi connectivity index (χ4n) is 1.51. The zero-order valence-electron chi connectivity index (χ0n) is 10.2. The summed E-state index contributed by atoms with van der Waals surface area (Å²) in [6, 6.07) is 2.11. The molecule has 0 amide bonds. The van der Waals surface area contributed by atoms with Gasteiger partial charge in [-0.3, -0.25) is 4.68 Å². The summed E-state index contributed by atoms with van der Waals surface area (Å²) < 4.78 is 2.05. The van der Waals surface area contributed by atoms with Crippen molar-refractivity contribution in [1.82, 2.24) is 20.0 Å². The van der Waals surface area contributed by atoms with Crippen LogP contribution < -0.4 is 5.32 Å². The molecule has 1 heterocycles. The van der Waals surface area contributed by atoms with Crippen molar-refractivity contribution in [3.8, 4) is 0 Å². The maximum absolute atomic E-state index is 4.41. The van der Waals surface area contributed by atoms with Crippen molar-refractivity contribution < 1.29 is 0 Å². The van der Waals surface area contributed by atoms with Crippen molar-refractivity contribution in [3.05, 3.63) is 17.5 Å². The number of rotatable bonds is 6. The first-order chi connectivity index (χ1) is 7.09. The average Bonchev–Trinajstić information content (AvgIpc) is 2.44. The molecular formula is C11H22N4. The maximum atomic E-state index is 4.41. The van der Waals surface area contributed by atoms with E-state index in [1.807, 2.05) is 6.92 Å². The average molecular weight is 210 g/mol. The molecule has 0 aliphatic carbocycles. The Morgan fingerprint density at radius 1 is 1.33 bits per heavy atom. The van der Waals surface area contributed by atoms with E-state index in [2.05, 4.69) is 47.1 Å². The summed E-state index contributed by atoms with van der Waals surface area (Å²) in [6.07, 6.45) is 0. The lowest BCUT2D eigenvalue weighted by Gasteiger charge is -2.10. The molecule has 1 aromatic rings. The lowest BCUT2D eigenvalue weighted by Crippen LogP contribution is -2.29. The molecule has 15 heavy (non-hydrogen) atoms. The van der Waals surface area contributed by atoms with Crippen molar-refractivity contribution in [2.75, 3.05) is 33.7 Å². The van der Waals surface area contributed by atoms with Crippen LogP contribution >= 0.6 is 0 Å². The Morgan fingerprint density at radius 3 is 2.60 bits per heavy atom. The first kappa shape index (κ1) is 12.2. The zero-order chi connectivity index (χ0) is 11.3. The molecule has 0 saturated carbocycles. The Hall–Kier alpha value is -0.870. The Balaban J connectivity index is 2.17. The molecule has 0 radical (unpaired) electrons. The van der Waals surface area contributed by atoms with Crippen LogP contribution in [0.2, 0.25) is 0 Å². The Kier molecular flexibility index (Phi) is 4.78. The molecule has 1 aromatic heterocycles. The third-order valence-corrected chi connectivity index (χ3v) is 2.34. The van der Waals surface area contributed by atoms with E-state index in [4.69, 9.17) is 0 Å². The predicted octanol–water partition coefficient (Wildman–Crippen LogP) is 0.651. The minimum Gasteiger partial charge on any atom is -0.314 e. The van der Waals surface area contributed by atoms with E-state index in [0.29, 0.717) is 0 Å². The van der Waals surface area contributed by atoms with Gasteiger partial charge in [0, 0.05) is 25.3 Å². The summed E-state index contributed by atoms with van der Waals surface area (Å²) in [5.41, 5.74) is 2.34. The SMILES string of the molecule is Cc1cc(C)n(CCNCCN(C)C)n1. The summed E-state index contributed by atoms with van der Waals surface area (Å²) in [6.45, 7) is 8.18.